The van der Waals surface area contributed by atoms with Gasteiger partial charge in [0.05, 0.1) is 53.1 Å². The first kappa shape index (κ1) is 56.9. The number of thiol groups is 1. The molecule has 18 heteroatoms. The summed E-state index contributed by atoms with van der Waals surface area (Å²) in [6, 6.07) is 33.1. The van der Waals surface area contributed by atoms with Crippen LogP contribution in [0.4, 0.5) is 0 Å². The minimum atomic E-state index is -3.47. The van der Waals surface area contributed by atoms with Crippen LogP contribution in [-0.2, 0) is 89.0 Å². The van der Waals surface area contributed by atoms with Crippen molar-refractivity contribution >= 4 is 46.8 Å². The van der Waals surface area contributed by atoms with E-state index in [1.165, 1.54) is 31.9 Å². The predicted octanol–water partition coefficient (Wildman–Crippen LogP) is 3.78. The number of pyridine rings is 6. The molecule has 0 aliphatic rings. The summed E-state index contributed by atoms with van der Waals surface area (Å²) in [5.41, 5.74) is 7.59. The molecule has 0 unspecified atom stereocenters. The van der Waals surface area contributed by atoms with Crippen molar-refractivity contribution in [3.63, 3.8) is 0 Å². The normalized spacial score (nSPS) is 10.2. The molecule has 63 heavy (non-hydrogen) atoms. The zero-order valence-corrected chi connectivity index (χ0v) is 41.8. The van der Waals surface area contributed by atoms with Crippen LogP contribution in [-0.4, -0.2) is 65.8 Å². The molecule has 0 radical (unpaired) electrons. The number of aromatic nitrogens is 6. The Labute approximate surface area is 425 Å². The number of hydrogen-bond donors (Lipinski definition) is 0. The van der Waals surface area contributed by atoms with E-state index in [0.29, 0.717) is 37.5 Å². The molecule has 6 rings (SSSR count). The molecule has 0 aliphatic carbocycles. The van der Waals surface area contributed by atoms with Crippen molar-refractivity contribution in [1.82, 2.24) is 39.7 Å². The van der Waals surface area contributed by atoms with E-state index in [-0.39, 0.29) is 76.6 Å². The molecule has 326 valence electrons. The molecular formula is C45H51KN9O5S3-. The monoisotopic (exact) mass is 932 g/mol. The quantitative estimate of drug-likeness (QED) is 0.0423. The van der Waals surface area contributed by atoms with Gasteiger partial charge in [0.2, 0.25) is 0 Å². The summed E-state index contributed by atoms with van der Waals surface area (Å²) in [6.07, 6.45) is 13.2. The molecule has 0 amide bonds. The predicted molar refractivity (Wildman–Crippen MR) is 244 cm³/mol. The summed E-state index contributed by atoms with van der Waals surface area (Å²) in [7, 11) is -3.47. The molecule has 0 fully saturated rings. The Hall–Kier alpha value is -4.10. The van der Waals surface area contributed by atoms with E-state index in [0.717, 1.165) is 59.1 Å². The average Bonchev–Trinajstić information content (AvgIpc) is 3.25. The van der Waals surface area contributed by atoms with Crippen LogP contribution in [0.15, 0.2) is 134 Å². The number of carbonyl (C=O) groups excluding carboxylic acids is 2. The fourth-order valence-corrected chi connectivity index (χ4v) is 6.20. The number of rotatable bonds is 17. The number of carbonyl (C=O) groups is 1. The third-order valence-electron chi connectivity index (χ3n) is 7.87. The zero-order valence-electron chi connectivity index (χ0n) is 36.2. The molecule has 6 aromatic heterocycles. The van der Waals surface area contributed by atoms with Gasteiger partial charge in [0.15, 0.2) is 5.12 Å². The number of thioether (sulfide) groups is 1. The SMILES string of the molecule is CC#N.CC(=O)SCc1ccc(CN(Cc2ccccn2)Cc2ccccn2)nc1.CS(=O)(=O)OCc1ccc(CN(Cc2ccccn2)Cc2ccccn2)nc1.C[C-]=O.[K+].[SH-]. The molecule has 0 aromatic carbocycles. The Morgan fingerprint density at radius 1 is 0.651 bits per heavy atom. The second kappa shape index (κ2) is 33.4. The third kappa shape index (κ3) is 26.3. The zero-order chi connectivity index (χ0) is 44.1. The largest absolute Gasteiger partial charge is 1.00 e. The Bertz CT molecular complexity index is 2200. The van der Waals surface area contributed by atoms with Crippen LogP contribution in [0.1, 0.15) is 66.1 Å². The summed E-state index contributed by atoms with van der Waals surface area (Å²) < 4.78 is 27.0. The molecule has 6 aromatic rings. The maximum absolute atomic E-state index is 11.1. The fourth-order valence-electron chi connectivity index (χ4n) is 5.30. The first-order valence-electron chi connectivity index (χ1n) is 19.0. The number of nitriles is 1. The second-order valence-corrected chi connectivity index (χ2v) is 15.9. The third-order valence-corrected chi connectivity index (χ3v) is 9.30. The van der Waals surface area contributed by atoms with E-state index in [1.807, 2.05) is 116 Å². The Kier molecular flexibility index (Phi) is 30.2. The van der Waals surface area contributed by atoms with Crippen molar-refractivity contribution in [3.05, 3.63) is 180 Å². The smallest absolute Gasteiger partial charge is 0.813 e. The molecule has 0 atom stereocenters. The molecule has 0 spiro atoms. The maximum atomic E-state index is 11.1. The van der Waals surface area contributed by atoms with Gasteiger partial charge in [0, 0.05) is 96.0 Å². The summed E-state index contributed by atoms with van der Waals surface area (Å²) in [5.74, 6) is 0.661. The van der Waals surface area contributed by atoms with Crippen LogP contribution < -0.4 is 51.4 Å². The van der Waals surface area contributed by atoms with Crippen molar-refractivity contribution in [2.45, 2.75) is 72.4 Å². The molecule has 0 N–H and O–H groups in total. The summed E-state index contributed by atoms with van der Waals surface area (Å²) in [6.45, 7) is 8.41. The molecule has 6 heterocycles. The van der Waals surface area contributed by atoms with Crippen LogP contribution in [0, 0.1) is 11.3 Å². The van der Waals surface area contributed by atoms with Crippen LogP contribution in [0.25, 0.3) is 0 Å². The first-order valence-corrected chi connectivity index (χ1v) is 21.8. The van der Waals surface area contributed by atoms with Gasteiger partial charge in [-0.3, -0.25) is 55.0 Å². The van der Waals surface area contributed by atoms with E-state index in [2.05, 4.69) is 39.7 Å². The van der Waals surface area contributed by atoms with Gasteiger partial charge in [-0.05, 0) is 71.8 Å². The molecule has 0 aliphatic heterocycles. The number of nitrogens with zero attached hydrogens (tertiary/aromatic N) is 9. The molecule has 14 nitrogen and oxygen atoms in total. The maximum Gasteiger partial charge on any atom is 1.00 e. The van der Waals surface area contributed by atoms with Crippen LogP contribution in [0.2, 0.25) is 0 Å². The summed E-state index contributed by atoms with van der Waals surface area (Å²) >= 11 is 1.30. The molecule has 0 saturated heterocycles. The minimum Gasteiger partial charge on any atom is -0.813 e. The minimum absolute atomic E-state index is 0. The van der Waals surface area contributed by atoms with E-state index < -0.39 is 10.1 Å². The van der Waals surface area contributed by atoms with Crippen molar-refractivity contribution in [2.24, 2.45) is 0 Å². The Morgan fingerprint density at radius 3 is 1.22 bits per heavy atom. The van der Waals surface area contributed by atoms with Gasteiger partial charge in [0.1, 0.15) is 0 Å². The van der Waals surface area contributed by atoms with Crippen LogP contribution >= 0.6 is 11.8 Å². The van der Waals surface area contributed by atoms with E-state index >= 15 is 0 Å². The first-order chi connectivity index (χ1) is 29.5. The van der Waals surface area contributed by atoms with Crippen molar-refractivity contribution in [2.75, 3.05) is 6.26 Å². The van der Waals surface area contributed by atoms with Gasteiger partial charge in [-0.15, -0.1) is 0 Å². The topological polar surface area (TPSA) is 185 Å². The summed E-state index contributed by atoms with van der Waals surface area (Å²) in [4.78, 5) is 51.0. The van der Waals surface area contributed by atoms with Crippen LogP contribution in [0.5, 0.6) is 0 Å². The van der Waals surface area contributed by atoms with Crippen LogP contribution in [0.3, 0.4) is 0 Å². The Morgan fingerprint density at radius 2 is 0.968 bits per heavy atom. The van der Waals surface area contributed by atoms with E-state index in [1.54, 1.807) is 31.6 Å². The van der Waals surface area contributed by atoms with Gasteiger partial charge in [-0.2, -0.15) is 20.6 Å². The molecular weight excluding hydrogens is 882 g/mol. The standard InChI is InChI=1S/C21H22N4OS.C20H22N4O3S.C2H3N.C2H3O.K.H2S/c1-17(26)27-16-18-8-9-21(24-12-18)15-25(13-19-6-2-4-10-22-19)14-20-7-3-5-11-23-20;1-28(25,26)27-16-17-8-9-20(23-12-17)15-24(13-18-6-2-4-10-21-18)14-19-7-3-5-11-22-19;2*1-2-3;;/h2-12H,13-16H2,1H3;2-12H,13-16H2,1H3;2*1H3;;1H2/q;;;-1;+1;/p-1. The van der Waals surface area contributed by atoms with Gasteiger partial charge in [-0.1, -0.05) is 48.2 Å². The molecule has 0 bridgehead atoms. The molecule has 0 saturated carbocycles. The van der Waals surface area contributed by atoms with Gasteiger partial charge < -0.3 is 18.3 Å². The van der Waals surface area contributed by atoms with Crippen molar-refractivity contribution < 1.29 is 73.6 Å². The Balaban J connectivity index is 0.000000545. The van der Waals surface area contributed by atoms with Gasteiger partial charge in [-0.25, -0.2) is 0 Å². The van der Waals surface area contributed by atoms with E-state index in [9.17, 15) is 13.2 Å². The number of hydrogen-bond acceptors (Lipinski definition) is 16. The van der Waals surface area contributed by atoms with Gasteiger partial charge >= 0.3 is 51.4 Å². The van der Waals surface area contributed by atoms with Crippen molar-refractivity contribution in [3.8, 4) is 6.07 Å². The second-order valence-electron chi connectivity index (χ2n) is 13.1. The summed E-state index contributed by atoms with van der Waals surface area (Å²) in [5, 5.41) is 7.44. The van der Waals surface area contributed by atoms with Crippen molar-refractivity contribution in [1.29, 1.82) is 5.26 Å². The fraction of sp³-hybridized carbons (Fsp3) is 0.267. The van der Waals surface area contributed by atoms with E-state index in [4.69, 9.17) is 14.2 Å². The average molecular weight is 933 g/mol. The van der Waals surface area contributed by atoms with Gasteiger partial charge in [0.25, 0.3) is 10.1 Å².